The van der Waals surface area contributed by atoms with E-state index in [-0.39, 0.29) is 5.41 Å². The van der Waals surface area contributed by atoms with Crippen molar-refractivity contribution < 1.29 is 4.74 Å². The molecule has 3 heteroatoms. The normalized spacial score (nSPS) is 37.1. The Morgan fingerprint density at radius 2 is 1.87 bits per heavy atom. The van der Waals surface area contributed by atoms with Crippen LogP contribution in [0.3, 0.4) is 0 Å². The van der Waals surface area contributed by atoms with Crippen molar-refractivity contribution in [1.82, 2.24) is 0 Å². The fraction of sp³-hybridized carbons (Fsp3) is 0.417. The Hall–Kier alpha value is -0.850. The lowest BCUT2D eigenvalue weighted by atomic mass is 9.93. The molecule has 1 unspecified atom stereocenters. The lowest BCUT2D eigenvalue weighted by molar-refractivity contribution is 0.152. The fourth-order valence-electron chi connectivity index (χ4n) is 2.74. The molecule has 3 atom stereocenters. The number of ether oxygens (including phenoxy) is 1. The molecule has 1 aliphatic heterocycles. The second-order valence-electron chi connectivity index (χ2n) is 4.24. The molecule has 2 nitrogen and oxygen atoms in total. The SMILES string of the molecule is N#CC1(c2ccc(Br)cc2)[C@@H]2COC[C@@H]21. The van der Waals surface area contributed by atoms with E-state index < -0.39 is 0 Å². The van der Waals surface area contributed by atoms with Crippen molar-refractivity contribution in [2.75, 3.05) is 13.2 Å². The van der Waals surface area contributed by atoms with Gasteiger partial charge in [-0.1, -0.05) is 28.1 Å². The van der Waals surface area contributed by atoms with Crippen molar-refractivity contribution in [2.45, 2.75) is 5.41 Å². The third-order valence-corrected chi connectivity index (χ3v) is 4.18. The van der Waals surface area contributed by atoms with Gasteiger partial charge in [0, 0.05) is 16.3 Å². The Labute approximate surface area is 97.0 Å². The molecule has 0 spiro atoms. The minimum absolute atomic E-state index is 0.251. The smallest absolute Gasteiger partial charge is 0.0930 e. The summed E-state index contributed by atoms with van der Waals surface area (Å²) in [5.74, 6) is 0.840. The number of hydrogen-bond donors (Lipinski definition) is 0. The van der Waals surface area contributed by atoms with E-state index in [9.17, 15) is 5.26 Å². The Morgan fingerprint density at radius 3 is 2.40 bits per heavy atom. The summed E-state index contributed by atoms with van der Waals surface area (Å²) < 4.78 is 6.41. The van der Waals surface area contributed by atoms with Gasteiger partial charge in [0.15, 0.2) is 0 Å². The van der Waals surface area contributed by atoms with Crippen LogP contribution in [0.15, 0.2) is 28.7 Å². The molecule has 2 fully saturated rings. The van der Waals surface area contributed by atoms with Crippen LogP contribution in [0.1, 0.15) is 5.56 Å². The summed E-state index contributed by atoms with van der Waals surface area (Å²) >= 11 is 3.41. The predicted molar refractivity (Wildman–Crippen MR) is 59.2 cm³/mol. The van der Waals surface area contributed by atoms with Gasteiger partial charge in [0.25, 0.3) is 0 Å². The molecule has 0 amide bonds. The maximum Gasteiger partial charge on any atom is 0.0930 e. The fourth-order valence-corrected chi connectivity index (χ4v) is 3.00. The number of fused-ring (bicyclic) bond motifs is 1. The van der Waals surface area contributed by atoms with Gasteiger partial charge in [0.05, 0.1) is 24.7 Å². The summed E-state index contributed by atoms with van der Waals surface area (Å²) in [5, 5.41) is 9.37. The van der Waals surface area contributed by atoms with Crippen molar-refractivity contribution in [1.29, 1.82) is 5.26 Å². The van der Waals surface area contributed by atoms with E-state index in [1.165, 1.54) is 0 Å². The monoisotopic (exact) mass is 263 g/mol. The van der Waals surface area contributed by atoms with Crippen molar-refractivity contribution in [3.05, 3.63) is 34.3 Å². The highest BCUT2D eigenvalue weighted by Crippen LogP contribution is 2.62. The van der Waals surface area contributed by atoms with E-state index >= 15 is 0 Å². The molecule has 1 aromatic carbocycles. The van der Waals surface area contributed by atoms with Crippen LogP contribution in [0.4, 0.5) is 0 Å². The molecule has 76 valence electrons. The molecule has 15 heavy (non-hydrogen) atoms. The number of nitriles is 1. The van der Waals surface area contributed by atoms with Crippen molar-refractivity contribution in [3.8, 4) is 6.07 Å². The molecule has 1 saturated carbocycles. The molecule has 0 aromatic heterocycles. The second kappa shape index (κ2) is 3.07. The van der Waals surface area contributed by atoms with Gasteiger partial charge in [0.1, 0.15) is 0 Å². The molecule has 1 heterocycles. The average Bonchev–Trinajstić information content (AvgIpc) is 2.65. The summed E-state index contributed by atoms with van der Waals surface area (Å²) in [6, 6.07) is 10.6. The number of rotatable bonds is 1. The minimum Gasteiger partial charge on any atom is -0.381 e. The van der Waals surface area contributed by atoms with E-state index in [1.54, 1.807) is 0 Å². The lowest BCUT2D eigenvalue weighted by Crippen LogP contribution is -2.15. The number of halogens is 1. The zero-order valence-corrected chi connectivity index (χ0v) is 9.70. The molecule has 1 aliphatic carbocycles. The average molecular weight is 264 g/mol. The summed E-state index contributed by atoms with van der Waals surface area (Å²) in [4.78, 5) is 0. The van der Waals surface area contributed by atoms with E-state index in [1.807, 2.05) is 24.3 Å². The molecule has 3 rings (SSSR count). The van der Waals surface area contributed by atoms with Crippen LogP contribution < -0.4 is 0 Å². The zero-order valence-electron chi connectivity index (χ0n) is 8.11. The first-order valence-electron chi connectivity index (χ1n) is 5.04. The van der Waals surface area contributed by atoms with Gasteiger partial charge in [-0.15, -0.1) is 0 Å². The first-order chi connectivity index (χ1) is 7.29. The van der Waals surface area contributed by atoms with Gasteiger partial charge >= 0.3 is 0 Å². The highest BCUT2D eigenvalue weighted by atomic mass is 79.9. The maximum atomic E-state index is 9.37. The van der Waals surface area contributed by atoms with E-state index in [2.05, 4.69) is 22.0 Å². The Kier molecular flexibility index (Phi) is 1.92. The van der Waals surface area contributed by atoms with Crippen molar-refractivity contribution in [3.63, 3.8) is 0 Å². The quantitative estimate of drug-likeness (QED) is 0.780. The standard InChI is InChI=1S/C12H10BrNO/c13-9-3-1-8(2-4-9)12(7-14)10-5-15-6-11(10)12/h1-4,10-11H,5-6H2/t10-,11+,12?. The molecular formula is C12H10BrNO. The summed E-state index contributed by atoms with van der Waals surface area (Å²) in [5.41, 5.74) is 0.894. The topological polar surface area (TPSA) is 33.0 Å². The summed E-state index contributed by atoms with van der Waals surface area (Å²) in [6.07, 6.45) is 0. The van der Waals surface area contributed by atoms with Crippen LogP contribution in [-0.4, -0.2) is 13.2 Å². The lowest BCUT2D eigenvalue weighted by Gasteiger charge is -2.13. The molecule has 1 saturated heterocycles. The summed E-state index contributed by atoms with van der Waals surface area (Å²) in [7, 11) is 0. The highest BCUT2D eigenvalue weighted by molar-refractivity contribution is 9.10. The van der Waals surface area contributed by atoms with Crippen LogP contribution in [0.5, 0.6) is 0 Å². The van der Waals surface area contributed by atoms with Gasteiger partial charge < -0.3 is 4.74 Å². The molecule has 0 N–H and O–H groups in total. The second-order valence-corrected chi connectivity index (χ2v) is 5.15. The third kappa shape index (κ3) is 1.12. The van der Waals surface area contributed by atoms with Gasteiger partial charge in [-0.25, -0.2) is 0 Å². The third-order valence-electron chi connectivity index (χ3n) is 3.65. The van der Waals surface area contributed by atoms with Crippen molar-refractivity contribution in [2.24, 2.45) is 11.8 Å². The zero-order chi connectivity index (χ0) is 10.5. The van der Waals surface area contributed by atoms with Crippen molar-refractivity contribution >= 4 is 15.9 Å². The Balaban J connectivity index is 2.00. The largest absolute Gasteiger partial charge is 0.381 e. The Morgan fingerprint density at radius 1 is 1.27 bits per heavy atom. The summed E-state index contributed by atoms with van der Waals surface area (Å²) in [6.45, 7) is 1.49. The predicted octanol–water partition coefficient (Wildman–Crippen LogP) is 2.49. The van der Waals surface area contributed by atoms with E-state index in [4.69, 9.17) is 4.74 Å². The molecule has 2 aliphatic rings. The number of hydrogen-bond acceptors (Lipinski definition) is 2. The van der Waals surface area contributed by atoms with Crippen LogP contribution in [0.2, 0.25) is 0 Å². The molecule has 0 radical (unpaired) electrons. The van der Waals surface area contributed by atoms with Gasteiger partial charge in [0.2, 0.25) is 0 Å². The van der Waals surface area contributed by atoms with E-state index in [0.29, 0.717) is 11.8 Å². The number of nitrogens with zero attached hydrogens (tertiary/aromatic N) is 1. The highest BCUT2D eigenvalue weighted by Gasteiger charge is 2.68. The van der Waals surface area contributed by atoms with Gasteiger partial charge in [-0.3, -0.25) is 0 Å². The molecular weight excluding hydrogens is 254 g/mol. The first kappa shape index (κ1) is 9.38. The first-order valence-corrected chi connectivity index (χ1v) is 5.83. The van der Waals surface area contributed by atoms with Crippen LogP contribution in [0.25, 0.3) is 0 Å². The van der Waals surface area contributed by atoms with Gasteiger partial charge in [-0.05, 0) is 17.7 Å². The Bertz CT molecular complexity index is 424. The number of benzene rings is 1. The van der Waals surface area contributed by atoms with Gasteiger partial charge in [-0.2, -0.15) is 5.26 Å². The molecule has 0 bridgehead atoms. The van der Waals surface area contributed by atoms with Crippen LogP contribution in [-0.2, 0) is 10.2 Å². The molecule has 1 aromatic rings. The maximum absolute atomic E-state index is 9.37. The minimum atomic E-state index is -0.251. The van der Waals surface area contributed by atoms with Crippen LogP contribution in [0, 0.1) is 23.2 Å². The van der Waals surface area contributed by atoms with Crippen LogP contribution >= 0.6 is 15.9 Å². The van der Waals surface area contributed by atoms with E-state index in [0.717, 1.165) is 23.2 Å².